The van der Waals surface area contributed by atoms with Crippen LogP contribution < -0.4 is 14.8 Å². The van der Waals surface area contributed by atoms with Gasteiger partial charge in [-0.1, -0.05) is 0 Å². The molecule has 1 aliphatic rings. The Balaban J connectivity index is 2.09. The third kappa shape index (κ3) is 4.89. The fourth-order valence-corrected chi connectivity index (χ4v) is 3.95. The van der Waals surface area contributed by atoms with E-state index in [9.17, 15) is 25.0 Å². The summed E-state index contributed by atoms with van der Waals surface area (Å²) < 4.78 is 15.8. The van der Waals surface area contributed by atoms with Crippen molar-refractivity contribution >= 4 is 23.2 Å². The second-order valence-corrected chi connectivity index (χ2v) is 7.56. The summed E-state index contributed by atoms with van der Waals surface area (Å²) in [5, 5.41) is 25.9. The smallest absolute Gasteiger partial charge is 0.410 e. The molecule has 0 saturated carbocycles. The molecule has 1 amide bonds. The van der Waals surface area contributed by atoms with E-state index in [0.29, 0.717) is 17.9 Å². The number of nitrogens with zero attached hydrogens (tertiary/aromatic N) is 3. The van der Waals surface area contributed by atoms with Gasteiger partial charge in [-0.2, -0.15) is 0 Å². The van der Waals surface area contributed by atoms with E-state index in [2.05, 4.69) is 5.32 Å². The van der Waals surface area contributed by atoms with E-state index >= 15 is 0 Å². The lowest BCUT2D eigenvalue weighted by Crippen LogP contribution is -2.39. The van der Waals surface area contributed by atoms with E-state index in [-0.39, 0.29) is 18.2 Å². The molecule has 0 spiro atoms. The van der Waals surface area contributed by atoms with Gasteiger partial charge in [0.2, 0.25) is 0 Å². The largest absolute Gasteiger partial charge is 0.493 e. The van der Waals surface area contributed by atoms with Crippen molar-refractivity contribution in [2.45, 2.75) is 32.0 Å². The van der Waals surface area contributed by atoms with E-state index in [4.69, 9.17) is 14.2 Å². The van der Waals surface area contributed by atoms with Gasteiger partial charge < -0.3 is 19.5 Å². The highest BCUT2D eigenvalue weighted by atomic mass is 16.6. The molecule has 0 bridgehead atoms. The van der Waals surface area contributed by atoms with Crippen molar-refractivity contribution in [2.75, 3.05) is 26.6 Å². The molecule has 3 rings (SSSR count). The summed E-state index contributed by atoms with van der Waals surface area (Å²) >= 11 is 0. The van der Waals surface area contributed by atoms with Crippen LogP contribution in [0.25, 0.3) is 0 Å². The molecular formula is C21H24N4O8. The number of nitrogens with one attached hydrogen (secondary N) is 1. The number of amides is 1. The third-order valence-corrected chi connectivity index (χ3v) is 5.42. The molecular weight excluding hydrogens is 436 g/mol. The topological polar surface area (TPSA) is 146 Å². The Hall–Kier alpha value is -4.09. The summed E-state index contributed by atoms with van der Waals surface area (Å²) in [6.45, 7) is 1.81. The van der Waals surface area contributed by atoms with Crippen LogP contribution in [-0.2, 0) is 11.3 Å². The zero-order valence-corrected chi connectivity index (χ0v) is 18.6. The van der Waals surface area contributed by atoms with Gasteiger partial charge in [0.05, 0.1) is 49.8 Å². The van der Waals surface area contributed by atoms with E-state index in [1.165, 1.54) is 38.4 Å². The summed E-state index contributed by atoms with van der Waals surface area (Å²) in [6, 6.07) is 6.29. The maximum atomic E-state index is 12.8. The van der Waals surface area contributed by atoms with Crippen LogP contribution in [0, 0.1) is 20.2 Å². The Bertz CT molecular complexity index is 1060. The first-order chi connectivity index (χ1) is 15.7. The molecule has 176 valence electrons. The van der Waals surface area contributed by atoms with Crippen molar-refractivity contribution in [1.29, 1.82) is 0 Å². The third-order valence-electron chi connectivity index (χ3n) is 5.42. The SMILES string of the molecule is COC(=O)N(Cc1cc([N+](=O)[O-])cc([N+](=O)[O-])c1)[C@H]1C[C@@H](C)Nc2cc(OC)c(OC)cc21. The minimum atomic E-state index is -0.710. The van der Waals surface area contributed by atoms with Crippen LogP contribution in [0.4, 0.5) is 21.9 Å². The maximum absolute atomic E-state index is 12.8. The maximum Gasteiger partial charge on any atom is 0.410 e. The van der Waals surface area contributed by atoms with E-state index in [0.717, 1.165) is 17.3 Å². The monoisotopic (exact) mass is 460 g/mol. The fraction of sp³-hybridized carbons (Fsp3) is 0.381. The van der Waals surface area contributed by atoms with E-state index in [1.54, 1.807) is 12.1 Å². The Kier molecular flexibility index (Phi) is 6.85. The van der Waals surface area contributed by atoms with Crippen LogP contribution in [0.3, 0.4) is 0 Å². The number of nitro groups is 2. The average Bonchev–Trinajstić information content (AvgIpc) is 2.80. The predicted octanol–water partition coefficient (Wildman–Crippen LogP) is 4.03. The van der Waals surface area contributed by atoms with Crippen molar-refractivity contribution in [3.63, 3.8) is 0 Å². The van der Waals surface area contributed by atoms with Gasteiger partial charge in [0.1, 0.15) is 0 Å². The van der Waals surface area contributed by atoms with E-state index < -0.39 is 33.4 Å². The summed E-state index contributed by atoms with van der Waals surface area (Å²) in [5.74, 6) is 0.976. The van der Waals surface area contributed by atoms with Gasteiger partial charge in [-0.05, 0) is 25.0 Å². The first kappa shape index (κ1) is 23.6. The van der Waals surface area contributed by atoms with Crippen LogP contribution in [0.1, 0.15) is 30.5 Å². The number of hydrogen-bond donors (Lipinski definition) is 1. The number of anilines is 1. The highest BCUT2D eigenvalue weighted by Gasteiger charge is 2.34. The molecule has 1 aliphatic heterocycles. The highest BCUT2D eigenvalue weighted by Crippen LogP contribution is 2.43. The molecule has 12 heteroatoms. The van der Waals surface area contributed by atoms with Crippen LogP contribution in [0.2, 0.25) is 0 Å². The van der Waals surface area contributed by atoms with Gasteiger partial charge in [-0.15, -0.1) is 0 Å². The first-order valence-electron chi connectivity index (χ1n) is 9.98. The molecule has 0 unspecified atom stereocenters. The number of fused-ring (bicyclic) bond motifs is 1. The Labute approximate surface area is 189 Å². The number of benzene rings is 2. The number of nitro benzene ring substituents is 2. The predicted molar refractivity (Wildman–Crippen MR) is 118 cm³/mol. The van der Waals surface area contributed by atoms with Gasteiger partial charge >= 0.3 is 6.09 Å². The molecule has 0 fully saturated rings. The summed E-state index contributed by atoms with van der Waals surface area (Å²) in [4.78, 5) is 35.4. The van der Waals surface area contributed by atoms with Gasteiger partial charge in [0.25, 0.3) is 11.4 Å². The lowest BCUT2D eigenvalue weighted by atomic mass is 9.91. The number of methoxy groups -OCH3 is 3. The summed E-state index contributed by atoms with van der Waals surface area (Å²) in [7, 11) is 4.24. The Morgan fingerprint density at radius 3 is 2.12 bits per heavy atom. The number of non-ortho nitro benzene ring substituents is 2. The lowest BCUT2D eigenvalue weighted by molar-refractivity contribution is -0.394. The summed E-state index contributed by atoms with van der Waals surface area (Å²) in [6.07, 6.45) is -0.182. The van der Waals surface area contributed by atoms with Gasteiger partial charge in [-0.25, -0.2) is 4.79 Å². The van der Waals surface area contributed by atoms with Crippen LogP contribution in [0.5, 0.6) is 11.5 Å². The van der Waals surface area contributed by atoms with Crippen molar-refractivity contribution in [2.24, 2.45) is 0 Å². The van der Waals surface area contributed by atoms with Crippen LogP contribution in [-0.4, -0.2) is 48.2 Å². The van der Waals surface area contributed by atoms with Crippen LogP contribution >= 0.6 is 0 Å². The number of ether oxygens (including phenoxy) is 3. The molecule has 2 atom stereocenters. The van der Waals surface area contributed by atoms with Crippen molar-refractivity contribution < 1.29 is 28.9 Å². The second kappa shape index (κ2) is 9.59. The minimum Gasteiger partial charge on any atom is -0.493 e. The van der Waals surface area contributed by atoms with Gasteiger partial charge in [0.15, 0.2) is 11.5 Å². The molecule has 1 N–H and O–H groups in total. The Morgan fingerprint density at radius 2 is 1.61 bits per heavy atom. The van der Waals surface area contributed by atoms with Crippen molar-refractivity contribution in [3.05, 3.63) is 61.7 Å². The van der Waals surface area contributed by atoms with Crippen molar-refractivity contribution in [3.8, 4) is 11.5 Å². The number of carbonyl (C=O) groups excluding carboxylic acids is 1. The molecule has 1 heterocycles. The summed E-state index contributed by atoms with van der Waals surface area (Å²) in [5.41, 5.74) is 0.824. The lowest BCUT2D eigenvalue weighted by Gasteiger charge is -2.38. The van der Waals surface area contributed by atoms with Crippen molar-refractivity contribution in [1.82, 2.24) is 4.90 Å². The number of rotatable bonds is 7. The number of carbonyl (C=O) groups is 1. The highest BCUT2D eigenvalue weighted by molar-refractivity contribution is 5.71. The molecule has 12 nitrogen and oxygen atoms in total. The molecule has 2 aromatic carbocycles. The molecule has 33 heavy (non-hydrogen) atoms. The van der Waals surface area contributed by atoms with Gasteiger partial charge in [-0.3, -0.25) is 25.1 Å². The van der Waals surface area contributed by atoms with Gasteiger partial charge in [0, 0.05) is 35.5 Å². The Morgan fingerprint density at radius 1 is 1.03 bits per heavy atom. The second-order valence-electron chi connectivity index (χ2n) is 7.56. The standard InChI is InChI=1S/C21H24N4O8/c1-12-5-18(16-9-19(31-2)20(32-3)10-17(16)22-12)23(21(26)33-4)11-13-6-14(24(27)28)8-15(7-13)25(29)30/h6-10,12,18,22H,5,11H2,1-4H3/t12-,18+/m1/s1. The van der Waals surface area contributed by atoms with E-state index in [1.807, 2.05) is 6.92 Å². The minimum absolute atomic E-state index is 0.0350. The molecule has 0 aliphatic carbocycles. The molecule has 2 aromatic rings. The quantitative estimate of drug-likeness (QED) is 0.478. The molecule has 0 saturated heterocycles. The zero-order valence-electron chi connectivity index (χ0n) is 18.6. The molecule has 0 radical (unpaired) electrons. The first-order valence-corrected chi connectivity index (χ1v) is 9.98. The normalized spacial score (nSPS) is 16.7. The molecule has 0 aromatic heterocycles. The fourth-order valence-electron chi connectivity index (χ4n) is 3.95. The average molecular weight is 460 g/mol. The van der Waals surface area contributed by atoms with Crippen LogP contribution in [0.15, 0.2) is 30.3 Å². The zero-order chi connectivity index (χ0) is 24.3. The number of hydrogen-bond acceptors (Lipinski definition) is 9.